The standard InChI is InChI=1S/C40H72O16P2/c1-4-5-14-20-32(41)24-25-36-35(37(43)26-38(36)44)21-16-12-13-17-22-39(45)52-29-34(30-55-58(50,51)54-28-33(42)27-53-57(47,48)49)56-40(46)23-18-11-9-7-6-8-10-15-19-31(2)3/h12,16,24-25,31-37,41-43H,4-11,13-15,17-23,26-30H2,1-3H3,(H,50,51)(H2,47,48,49)/b16-12-,25-24+/t32-,33-,34+,35+,36+,37-/m0/s1. The molecule has 0 aromatic heterocycles. The van der Waals surface area contributed by atoms with Crippen molar-refractivity contribution >= 4 is 33.4 Å². The Labute approximate surface area is 345 Å². The van der Waals surface area contributed by atoms with Crippen LogP contribution in [-0.2, 0) is 46.6 Å². The second-order valence-corrected chi connectivity index (χ2v) is 18.2. The summed E-state index contributed by atoms with van der Waals surface area (Å²) in [5, 5.41) is 30.4. The third kappa shape index (κ3) is 28.6. The highest BCUT2D eigenvalue weighted by molar-refractivity contribution is 7.47. The third-order valence-electron chi connectivity index (χ3n) is 9.64. The maximum absolute atomic E-state index is 12.6. The summed E-state index contributed by atoms with van der Waals surface area (Å²) in [5.41, 5.74) is 0. The summed E-state index contributed by atoms with van der Waals surface area (Å²) in [7, 11) is -9.76. The van der Waals surface area contributed by atoms with Crippen molar-refractivity contribution < 1.29 is 76.6 Å². The van der Waals surface area contributed by atoms with Crippen LogP contribution in [0.5, 0.6) is 0 Å². The van der Waals surface area contributed by atoms with Crippen LogP contribution in [0, 0.1) is 17.8 Å². The van der Waals surface area contributed by atoms with Crippen LogP contribution in [0.2, 0.25) is 0 Å². The number of phosphoric ester groups is 2. The van der Waals surface area contributed by atoms with Gasteiger partial charge in [-0.1, -0.05) is 116 Å². The number of unbranched alkanes of at least 4 members (excludes halogenated alkanes) is 10. The minimum Gasteiger partial charge on any atom is -0.462 e. The number of ketones is 1. The molecule has 1 fully saturated rings. The quantitative estimate of drug-likeness (QED) is 0.0166. The maximum atomic E-state index is 12.6. The van der Waals surface area contributed by atoms with Crippen LogP contribution in [0.4, 0.5) is 0 Å². The number of phosphoric acid groups is 2. The number of Topliss-reactive ketones (excluding diaryl/α,β-unsaturated/α-hetero) is 1. The van der Waals surface area contributed by atoms with E-state index in [2.05, 4.69) is 29.8 Å². The zero-order valence-corrected chi connectivity index (χ0v) is 36.6. The first-order valence-electron chi connectivity index (χ1n) is 21.0. The van der Waals surface area contributed by atoms with E-state index in [0.717, 1.165) is 44.9 Å². The van der Waals surface area contributed by atoms with Gasteiger partial charge in [0.15, 0.2) is 6.10 Å². The number of ether oxygens (including phenoxy) is 2. The van der Waals surface area contributed by atoms with E-state index < -0.39 is 84.3 Å². The Morgan fingerprint density at radius 3 is 2.03 bits per heavy atom. The molecule has 0 aliphatic heterocycles. The van der Waals surface area contributed by atoms with Crippen LogP contribution in [0.1, 0.15) is 143 Å². The molecule has 0 heterocycles. The molecule has 7 atom stereocenters. The molecule has 16 nitrogen and oxygen atoms in total. The Morgan fingerprint density at radius 2 is 1.38 bits per heavy atom. The van der Waals surface area contributed by atoms with E-state index in [1.807, 2.05) is 12.2 Å². The summed E-state index contributed by atoms with van der Waals surface area (Å²) in [6, 6.07) is 0. The summed E-state index contributed by atoms with van der Waals surface area (Å²) in [4.78, 5) is 65.2. The number of aliphatic hydroxyl groups is 3. The van der Waals surface area contributed by atoms with Gasteiger partial charge in [0.1, 0.15) is 18.5 Å². The van der Waals surface area contributed by atoms with Crippen LogP contribution < -0.4 is 0 Å². The van der Waals surface area contributed by atoms with E-state index in [0.29, 0.717) is 38.0 Å². The molecule has 0 amide bonds. The Morgan fingerprint density at radius 1 is 0.776 bits per heavy atom. The fourth-order valence-electron chi connectivity index (χ4n) is 6.34. The van der Waals surface area contributed by atoms with Crippen LogP contribution >= 0.6 is 15.6 Å². The summed E-state index contributed by atoms with van der Waals surface area (Å²) in [6.07, 6.45) is 17.2. The summed E-state index contributed by atoms with van der Waals surface area (Å²) < 4.78 is 47.6. The van der Waals surface area contributed by atoms with Gasteiger partial charge in [0.25, 0.3) is 0 Å². The number of hydrogen-bond acceptors (Lipinski definition) is 13. The molecule has 1 unspecified atom stereocenters. The molecule has 1 saturated carbocycles. The molecule has 18 heteroatoms. The van der Waals surface area contributed by atoms with Crippen LogP contribution in [0.25, 0.3) is 0 Å². The average molecular weight is 871 g/mol. The molecule has 0 aromatic rings. The van der Waals surface area contributed by atoms with Gasteiger partial charge >= 0.3 is 27.6 Å². The van der Waals surface area contributed by atoms with Crippen molar-refractivity contribution in [3.05, 3.63) is 24.3 Å². The second kappa shape index (κ2) is 31.1. The lowest BCUT2D eigenvalue weighted by atomic mass is 9.90. The largest absolute Gasteiger partial charge is 0.472 e. The first kappa shape index (κ1) is 54.2. The molecule has 0 spiro atoms. The number of esters is 2. The molecule has 58 heavy (non-hydrogen) atoms. The monoisotopic (exact) mass is 870 g/mol. The molecule has 1 rings (SSSR count). The molecule has 0 aromatic carbocycles. The number of carbonyl (C=O) groups excluding carboxylic acids is 3. The van der Waals surface area contributed by atoms with Gasteiger partial charge in [-0.05, 0) is 38.0 Å². The molecular weight excluding hydrogens is 798 g/mol. The zero-order chi connectivity index (χ0) is 43.4. The van der Waals surface area contributed by atoms with E-state index in [-0.39, 0.29) is 31.0 Å². The SMILES string of the molecule is CCCCC[C@H](O)/C=C/[C@H]1C(=O)C[C@H](O)[C@@H]1C/C=C\CCCC(=O)OC[C@H](COP(=O)(O)OC[C@@H](O)COP(=O)(O)O)OC(=O)CCCCCCCCCCC(C)C. The highest BCUT2D eigenvalue weighted by atomic mass is 31.2. The first-order valence-corrected chi connectivity index (χ1v) is 24.0. The molecule has 0 bridgehead atoms. The van der Waals surface area contributed by atoms with Gasteiger partial charge in [-0.15, -0.1) is 0 Å². The fraction of sp³-hybridized carbons (Fsp3) is 0.825. The Bertz CT molecular complexity index is 1300. The topological polar surface area (TPSA) is 253 Å². The maximum Gasteiger partial charge on any atom is 0.472 e. The van der Waals surface area contributed by atoms with Gasteiger partial charge in [0.2, 0.25) is 0 Å². The number of allylic oxidation sites excluding steroid dienone is 3. The van der Waals surface area contributed by atoms with Gasteiger partial charge in [-0.2, -0.15) is 0 Å². The van der Waals surface area contributed by atoms with Crippen molar-refractivity contribution in [1.82, 2.24) is 0 Å². The predicted octanol–water partition coefficient (Wildman–Crippen LogP) is 6.78. The molecule has 1 aliphatic rings. The smallest absolute Gasteiger partial charge is 0.462 e. The lowest BCUT2D eigenvalue weighted by Crippen LogP contribution is -2.30. The van der Waals surface area contributed by atoms with Crippen LogP contribution in [-0.4, -0.2) is 98.6 Å². The highest BCUT2D eigenvalue weighted by Crippen LogP contribution is 2.44. The van der Waals surface area contributed by atoms with Gasteiger partial charge in [0, 0.05) is 31.1 Å². The lowest BCUT2D eigenvalue weighted by Gasteiger charge is -2.20. The third-order valence-corrected chi connectivity index (χ3v) is 11.1. The summed E-state index contributed by atoms with van der Waals surface area (Å²) >= 11 is 0. The molecule has 0 saturated heterocycles. The van der Waals surface area contributed by atoms with Crippen LogP contribution in [0.15, 0.2) is 24.3 Å². The minimum absolute atomic E-state index is 0.00554. The molecule has 338 valence electrons. The Hall–Kier alpha value is -1.81. The molecule has 0 radical (unpaired) electrons. The Kier molecular flexibility index (Phi) is 29.1. The minimum atomic E-state index is -4.89. The zero-order valence-electron chi connectivity index (χ0n) is 34.8. The van der Waals surface area contributed by atoms with E-state index in [1.165, 1.54) is 25.7 Å². The van der Waals surface area contributed by atoms with Gasteiger partial charge < -0.3 is 39.5 Å². The van der Waals surface area contributed by atoms with E-state index >= 15 is 0 Å². The second-order valence-electron chi connectivity index (χ2n) is 15.5. The van der Waals surface area contributed by atoms with E-state index in [9.17, 15) is 43.7 Å². The Balaban J connectivity index is 2.60. The summed E-state index contributed by atoms with van der Waals surface area (Å²) in [6.45, 7) is 3.58. The van der Waals surface area contributed by atoms with Crippen molar-refractivity contribution in [3.8, 4) is 0 Å². The van der Waals surface area contributed by atoms with Crippen molar-refractivity contribution in [1.29, 1.82) is 0 Å². The molecule has 6 N–H and O–H groups in total. The fourth-order valence-corrected chi connectivity index (χ4v) is 7.49. The lowest BCUT2D eigenvalue weighted by molar-refractivity contribution is -0.161. The highest BCUT2D eigenvalue weighted by Gasteiger charge is 2.39. The summed E-state index contributed by atoms with van der Waals surface area (Å²) in [5.74, 6) is -1.36. The van der Waals surface area contributed by atoms with E-state index in [4.69, 9.17) is 23.8 Å². The predicted molar refractivity (Wildman–Crippen MR) is 217 cm³/mol. The van der Waals surface area contributed by atoms with Crippen LogP contribution in [0.3, 0.4) is 0 Å². The van der Waals surface area contributed by atoms with Gasteiger partial charge in [-0.3, -0.25) is 28.0 Å². The van der Waals surface area contributed by atoms with Gasteiger partial charge in [0.05, 0.1) is 32.0 Å². The van der Waals surface area contributed by atoms with Crippen molar-refractivity contribution in [2.24, 2.45) is 17.8 Å². The van der Waals surface area contributed by atoms with Crippen molar-refractivity contribution in [3.63, 3.8) is 0 Å². The van der Waals surface area contributed by atoms with E-state index in [1.54, 1.807) is 12.2 Å². The normalized spacial score (nSPS) is 20.2. The molecule has 1 aliphatic carbocycles. The number of rotatable bonds is 35. The first-order chi connectivity index (χ1) is 27.4. The molecular formula is C40H72O16P2. The average Bonchev–Trinajstić information content (AvgIpc) is 3.42. The van der Waals surface area contributed by atoms with Gasteiger partial charge in [-0.25, -0.2) is 9.13 Å². The number of carbonyl (C=O) groups is 3. The number of hydrogen-bond donors (Lipinski definition) is 6. The van der Waals surface area contributed by atoms with Crippen molar-refractivity contribution in [2.75, 3.05) is 26.4 Å². The number of aliphatic hydroxyl groups excluding tert-OH is 3. The van der Waals surface area contributed by atoms with Crippen molar-refractivity contribution in [2.45, 2.75) is 167 Å².